The number of carbonyl (C=O) groups excluding carboxylic acids is 2. The third-order valence-electron chi connectivity index (χ3n) is 4.03. The molecule has 0 bridgehead atoms. The Bertz CT molecular complexity index is 533. The molecular formula is C16H21FN2O2. The van der Waals surface area contributed by atoms with Crippen molar-refractivity contribution in [2.45, 2.75) is 25.7 Å². The first-order valence-corrected chi connectivity index (χ1v) is 7.24. The van der Waals surface area contributed by atoms with E-state index in [9.17, 15) is 14.0 Å². The summed E-state index contributed by atoms with van der Waals surface area (Å²) in [4.78, 5) is 25.4. The molecule has 4 nitrogen and oxygen atoms in total. The van der Waals surface area contributed by atoms with Crippen LogP contribution in [0.1, 0.15) is 31.2 Å². The van der Waals surface area contributed by atoms with Crippen LogP contribution in [-0.4, -0.2) is 36.9 Å². The molecule has 2 rings (SSSR count). The molecule has 1 aliphatic heterocycles. The monoisotopic (exact) mass is 292 g/mol. The lowest BCUT2D eigenvalue weighted by molar-refractivity contribution is -0.139. The van der Waals surface area contributed by atoms with Gasteiger partial charge in [-0.2, -0.15) is 0 Å². The third kappa shape index (κ3) is 4.03. The SMILES string of the molecule is C[C@@H](CNC(=O)[C@@H]1CCN(C)C(=O)C1)c1cccc(F)c1. The zero-order chi connectivity index (χ0) is 15.4. The van der Waals surface area contributed by atoms with E-state index in [1.54, 1.807) is 18.0 Å². The molecule has 1 fully saturated rings. The Balaban J connectivity index is 1.85. The molecule has 1 aromatic rings. The summed E-state index contributed by atoms with van der Waals surface area (Å²) in [5.41, 5.74) is 0.856. The van der Waals surface area contributed by atoms with Gasteiger partial charge in [-0.1, -0.05) is 19.1 Å². The molecule has 1 heterocycles. The molecule has 0 unspecified atom stereocenters. The summed E-state index contributed by atoms with van der Waals surface area (Å²) in [6.07, 6.45) is 0.971. The van der Waals surface area contributed by atoms with Crippen LogP contribution in [0, 0.1) is 11.7 Å². The Hall–Kier alpha value is -1.91. The van der Waals surface area contributed by atoms with E-state index in [2.05, 4.69) is 5.32 Å². The average molecular weight is 292 g/mol. The van der Waals surface area contributed by atoms with E-state index < -0.39 is 0 Å². The maximum absolute atomic E-state index is 13.2. The van der Waals surface area contributed by atoms with Crippen molar-refractivity contribution < 1.29 is 14.0 Å². The lowest BCUT2D eigenvalue weighted by atomic mass is 9.95. The van der Waals surface area contributed by atoms with Gasteiger partial charge in [0.05, 0.1) is 0 Å². The van der Waals surface area contributed by atoms with Gasteiger partial charge in [0, 0.05) is 32.5 Å². The topological polar surface area (TPSA) is 49.4 Å². The standard InChI is InChI=1S/C16H21FN2O2/c1-11(12-4-3-5-14(17)8-12)10-18-16(21)13-6-7-19(2)15(20)9-13/h3-5,8,11,13H,6-7,9-10H2,1-2H3,(H,18,21)/t11-,13+/m0/s1. The highest BCUT2D eigenvalue weighted by Crippen LogP contribution is 2.19. The minimum Gasteiger partial charge on any atom is -0.355 e. The fourth-order valence-corrected chi connectivity index (χ4v) is 2.50. The van der Waals surface area contributed by atoms with Crippen LogP contribution in [0.4, 0.5) is 4.39 Å². The van der Waals surface area contributed by atoms with Gasteiger partial charge in [0.15, 0.2) is 0 Å². The number of nitrogens with one attached hydrogen (secondary N) is 1. The Morgan fingerprint density at radius 3 is 2.95 bits per heavy atom. The van der Waals surface area contributed by atoms with Crippen LogP contribution >= 0.6 is 0 Å². The number of rotatable bonds is 4. The number of halogens is 1. The predicted octanol–water partition coefficient (Wildman–Crippen LogP) is 1.91. The normalized spacial score (nSPS) is 20.2. The number of piperidine rings is 1. The Morgan fingerprint density at radius 1 is 1.52 bits per heavy atom. The smallest absolute Gasteiger partial charge is 0.223 e. The number of carbonyl (C=O) groups is 2. The first kappa shape index (κ1) is 15.5. The summed E-state index contributed by atoms with van der Waals surface area (Å²) in [5, 5.41) is 2.87. The van der Waals surface area contributed by atoms with E-state index in [0.29, 0.717) is 19.5 Å². The average Bonchev–Trinajstić information content (AvgIpc) is 2.47. The van der Waals surface area contributed by atoms with Crippen molar-refractivity contribution in [2.75, 3.05) is 20.1 Å². The highest BCUT2D eigenvalue weighted by atomic mass is 19.1. The van der Waals surface area contributed by atoms with Crippen molar-refractivity contribution in [2.24, 2.45) is 5.92 Å². The van der Waals surface area contributed by atoms with E-state index in [1.807, 2.05) is 13.0 Å². The molecule has 0 spiro atoms. The maximum Gasteiger partial charge on any atom is 0.223 e. The van der Waals surface area contributed by atoms with Gasteiger partial charge >= 0.3 is 0 Å². The largest absolute Gasteiger partial charge is 0.355 e. The van der Waals surface area contributed by atoms with Gasteiger partial charge in [-0.25, -0.2) is 4.39 Å². The van der Waals surface area contributed by atoms with Gasteiger partial charge < -0.3 is 10.2 Å². The van der Waals surface area contributed by atoms with Crippen molar-refractivity contribution in [1.29, 1.82) is 0 Å². The van der Waals surface area contributed by atoms with Crippen molar-refractivity contribution in [3.63, 3.8) is 0 Å². The van der Waals surface area contributed by atoms with Gasteiger partial charge in [-0.05, 0) is 30.0 Å². The molecule has 0 radical (unpaired) electrons. The molecular weight excluding hydrogens is 271 g/mol. The molecule has 0 aromatic heterocycles. The lowest BCUT2D eigenvalue weighted by Gasteiger charge is -2.28. The van der Waals surface area contributed by atoms with Crippen molar-refractivity contribution in [3.05, 3.63) is 35.6 Å². The fraction of sp³-hybridized carbons (Fsp3) is 0.500. The van der Waals surface area contributed by atoms with Crippen LogP contribution in [0.3, 0.4) is 0 Å². The second kappa shape index (κ2) is 6.70. The molecule has 0 aliphatic carbocycles. The van der Waals surface area contributed by atoms with E-state index in [-0.39, 0.29) is 35.9 Å². The van der Waals surface area contributed by atoms with Crippen molar-refractivity contribution in [3.8, 4) is 0 Å². The summed E-state index contributed by atoms with van der Waals surface area (Å²) in [6, 6.07) is 6.40. The van der Waals surface area contributed by atoms with Gasteiger partial charge in [0.1, 0.15) is 5.82 Å². The summed E-state index contributed by atoms with van der Waals surface area (Å²) in [7, 11) is 1.75. The van der Waals surface area contributed by atoms with Crippen molar-refractivity contribution in [1.82, 2.24) is 10.2 Å². The molecule has 1 N–H and O–H groups in total. The molecule has 1 aliphatic rings. The first-order chi connectivity index (χ1) is 9.97. The zero-order valence-corrected chi connectivity index (χ0v) is 12.4. The molecule has 1 aromatic carbocycles. The van der Waals surface area contributed by atoms with Crippen LogP contribution in [0.2, 0.25) is 0 Å². The highest BCUT2D eigenvalue weighted by molar-refractivity contribution is 5.86. The maximum atomic E-state index is 13.2. The van der Waals surface area contributed by atoms with Crippen LogP contribution in [0.5, 0.6) is 0 Å². The third-order valence-corrected chi connectivity index (χ3v) is 4.03. The van der Waals surface area contributed by atoms with E-state index in [4.69, 9.17) is 0 Å². The predicted molar refractivity (Wildman–Crippen MR) is 78.2 cm³/mol. The summed E-state index contributed by atoms with van der Waals surface area (Å²) >= 11 is 0. The van der Waals surface area contributed by atoms with E-state index in [1.165, 1.54) is 12.1 Å². The highest BCUT2D eigenvalue weighted by Gasteiger charge is 2.28. The number of likely N-dealkylation sites (tertiary alicyclic amines) is 1. The molecule has 2 atom stereocenters. The molecule has 5 heteroatoms. The van der Waals surface area contributed by atoms with E-state index >= 15 is 0 Å². The minimum absolute atomic E-state index is 0.0135. The van der Waals surface area contributed by atoms with Gasteiger partial charge in [-0.3, -0.25) is 9.59 Å². The molecule has 114 valence electrons. The Kier molecular flexibility index (Phi) is 4.94. The van der Waals surface area contributed by atoms with Gasteiger partial charge in [0.2, 0.25) is 11.8 Å². The van der Waals surface area contributed by atoms with Crippen LogP contribution < -0.4 is 5.32 Å². The van der Waals surface area contributed by atoms with E-state index in [0.717, 1.165) is 5.56 Å². The van der Waals surface area contributed by atoms with Crippen LogP contribution in [0.25, 0.3) is 0 Å². The second-order valence-electron chi connectivity index (χ2n) is 5.71. The number of hydrogen-bond donors (Lipinski definition) is 1. The fourth-order valence-electron chi connectivity index (χ4n) is 2.50. The molecule has 0 saturated carbocycles. The first-order valence-electron chi connectivity index (χ1n) is 7.24. The summed E-state index contributed by atoms with van der Waals surface area (Å²) < 4.78 is 13.2. The zero-order valence-electron chi connectivity index (χ0n) is 12.4. The number of nitrogens with zero attached hydrogens (tertiary/aromatic N) is 1. The molecule has 2 amide bonds. The molecule has 21 heavy (non-hydrogen) atoms. The second-order valence-corrected chi connectivity index (χ2v) is 5.71. The summed E-state index contributed by atoms with van der Waals surface area (Å²) in [5.74, 6) is -0.550. The number of hydrogen-bond acceptors (Lipinski definition) is 2. The Labute approximate surface area is 124 Å². The van der Waals surface area contributed by atoms with Crippen LogP contribution in [-0.2, 0) is 9.59 Å². The number of amides is 2. The van der Waals surface area contributed by atoms with Crippen molar-refractivity contribution >= 4 is 11.8 Å². The molecule has 1 saturated heterocycles. The minimum atomic E-state index is -0.272. The number of benzene rings is 1. The Morgan fingerprint density at radius 2 is 2.29 bits per heavy atom. The quantitative estimate of drug-likeness (QED) is 0.921. The lowest BCUT2D eigenvalue weighted by Crippen LogP contribution is -2.42. The van der Waals surface area contributed by atoms with Crippen LogP contribution in [0.15, 0.2) is 24.3 Å². The van der Waals surface area contributed by atoms with Gasteiger partial charge in [0.25, 0.3) is 0 Å². The summed E-state index contributed by atoms with van der Waals surface area (Å²) in [6.45, 7) is 3.01. The van der Waals surface area contributed by atoms with Gasteiger partial charge in [-0.15, -0.1) is 0 Å².